The maximum Gasteiger partial charge on any atom is 0.120 e. The number of hydrogen-bond donors (Lipinski definition) is 0. The Hall–Kier alpha value is -4.15. The molecule has 0 aliphatic heterocycles. The van der Waals surface area contributed by atoms with Crippen LogP contribution in [0.15, 0.2) is 126 Å². The van der Waals surface area contributed by atoms with Crippen LogP contribution in [0.1, 0.15) is 52.0 Å². The Morgan fingerprint density at radius 1 is 0.702 bits per heavy atom. The molecule has 4 aromatic carbocycles. The van der Waals surface area contributed by atoms with E-state index in [0.29, 0.717) is 0 Å². The Bertz CT molecular complexity index is 2190. The standard InChI is InChI=1S/C22H24NSi.C20H16NO.Ir/c1-17(18-11-7-5-8-12-18)20-15-21(19-13-9-6-10-14-19)23-16-22(20)24(2,3)4;1-13(2)14-9-10-21-18(12-14)15-7-8-20-17(11-15)16-5-3-4-6-19(16)22-20;/h5-13,15-17H,1-4H3;3-6,8-13H,1-2H3;/q2*-1;/i17D;13D;. The molecule has 47 heavy (non-hydrogen) atoms. The van der Waals surface area contributed by atoms with E-state index in [0.717, 1.165) is 61.1 Å². The van der Waals surface area contributed by atoms with Gasteiger partial charge in [-0.15, -0.1) is 59.7 Å². The Kier molecular flexibility index (Phi) is 9.86. The van der Waals surface area contributed by atoms with Gasteiger partial charge in [0.1, 0.15) is 5.58 Å². The van der Waals surface area contributed by atoms with Crippen molar-refractivity contribution in [3.63, 3.8) is 0 Å². The fourth-order valence-corrected chi connectivity index (χ4v) is 7.13. The molecule has 5 heteroatoms. The summed E-state index contributed by atoms with van der Waals surface area (Å²) in [5.41, 5.74) is 8.29. The predicted octanol–water partition coefficient (Wildman–Crippen LogP) is 10.8. The molecular formula is C42H40IrN2OSi-2. The Labute approximate surface area is 296 Å². The predicted molar refractivity (Wildman–Crippen MR) is 195 cm³/mol. The first kappa shape index (κ1) is 31.4. The summed E-state index contributed by atoms with van der Waals surface area (Å²) < 4.78 is 23.2. The van der Waals surface area contributed by atoms with Crippen LogP contribution in [-0.4, -0.2) is 18.0 Å². The zero-order chi connectivity index (χ0) is 34.1. The molecule has 0 bridgehead atoms. The van der Waals surface area contributed by atoms with E-state index in [1.165, 1.54) is 5.19 Å². The van der Waals surface area contributed by atoms with E-state index in [2.05, 4.69) is 55.0 Å². The molecule has 1 atom stereocenters. The van der Waals surface area contributed by atoms with Crippen LogP contribution < -0.4 is 5.19 Å². The second kappa shape index (κ2) is 14.7. The summed E-state index contributed by atoms with van der Waals surface area (Å²) >= 11 is 0. The van der Waals surface area contributed by atoms with Crippen molar-refractivity contribution in [1.29, 1.82) is 0 Å². The van der Waals surface area contributed by atoms with E-state index in [-0.39, 0.29) is 20.1 Å². The van der Waals surface area contributed by atoms with Gasteiger partial charge in [-0.3, -0.25) is 0 Å². The third kappa shape index (κ3) is 7.71. The normalized spacial score (nSPS) is 13.5. The summed E-state index contributed by atoms with van der Waals surface area (Å²) in [5.74, 6) is -1.46. The van der Waals surface area contributed by atoms with Crippen molar-refractivity contribution in [2.24, 2.45) is 0 Å². The zero-order valence-electron chi connectivity index (χ0n) is 29.7. The van der Waals surface area contributed by atoms with Crippen LogP contribution in [0.2, 0.25) is 19.6 Å². The SMILES string of the molecule is [2H]C(C)(C)c1ccnc(-c2[c-]cc3oc4ccccc4c3c2)c1.[2H]C(C)(c1ccccc1)c1cc(-c2[c-]cccc2)ncc1[Si](C)(C)C.[Ir]. The van der Waals surface area contributed by atoms with E-state index >= 15 is 0 Å². The molecule has 0 spiro atoms. The fraction of sp³-hybridized carbons (Fsp3) is 0.190. The van der Waals surface area contributed by atoms with Crippen LogP contribution >= 0.6 is 0 Å². The molecule has 0 saturated heterocycles. The van der Waals surface area contributed by atoms with Crippen LogP contribution in [0, 0.1) is 12.1 Å². The summed E-state index contributed by atoms with van der Waals surface area (Å²) in [4.78, 5) is 9.15. The summed E-state index contributed by atoms with van der Waals surface area (Å²) in [6.07, 6.45) is 3.75. The molecule has 7 aromatic rings. The van der Waals surface area contributed by atoms with Gasteiger partial charge < -0.3 is 14.4 Å². The van der Waals surface area contributed by atoms with Crippen molar-refractivity contribution in [2.45, 2.75) is 52.2 Å². The minimum absolute atomic E-state index is 0. The number of aromatic nitrogens is 2. The molecule has 0 saturated carbocycles. The van der Waals surface area contributed by atoms with Crippen LogP contribution in [0.3, 0.4) is 0 Å². The van der Waals surface area contributed by atoms with Crippen LogP contribution in [0.25, 0.3) is 44.5 Å². The van der Waals surface area contributed by atoms with Gasteiger partial charge >= 0.3 is 0 Å². The van der Waals surface area contributed by atoms with E-state index < -0.39 is 19.9 Å². The first-order valence-electron chi connectivity index (χ1n) is 16.7. The average molecular weight is 811 g/mol. The molecule has 0 fully saturated rings. The van der Waals surface area contributed by atoms with Gasteiger partial charge in [-0.2, -0.15) is 0 Å². The van der Waals surface area contributed by atoms with Gasteiger partial charge in [0.15, 0.2) is 0 Å². The van der Waals surface area contributed by atoms with Gasteiger partial charge in [0.05, 0.1) is 13.7 Å². The molecular weight excluding hydrogens is 769 g/mol. The number of fused-ring (bicyclic) bond motifs is 3. The van der Waals surface area contributed by atoms with Crippen LogP contribution in [0.5, 0.6) is 0 Å². The van der Waals surface area contributed by atoms with E-state index in [1.807, 2.05) is 118 Å². The average Bonchev–Trinajstić information content (AvgIpc) is 3.46. The number of para-hydroxylation sites is 1. The molecule has 3 aromatic heterocycles. The van der Waals surface area contributed by atoms with Gasteiger partial charge in [-0.25, -0.2) is 0 Å². The van der Waals surface area contributed by atoms with E-state index in [9.17, 15) is 1.37 Å². The maximum atomic E-state index is 9.17. The second-order valence-corrected chi connectivity index (χ2v) is 17.8. The number of benzene rings is 4. The molecule has 0 aliphatic carbocycles. The molecule has 1 unspecified atom stereocenters. The van der Waals surface area contributed by atoms with Gasteiger partial charge in [-0.1, -0.05) is 112 Å². The summed E-state index contributed by atoms with van der Waals surface area (Å²) in [6, 6.07) is 42.3. The largest absolute Gasteiger partial charge is 0.500 e. The summed E-state index contributed by atoms with van der Waals surface area (Å²) in [7, 11) is -1.64. The van der Waals surface area contributed by atoms with Crippen LogP contribution in [-0.2, 0) is 20.1 Å². The molecule has 0 N–H and O–H groups in total. The molecule has 7 rings (SSSR count). The minimum Gasteiger partial charge on any atom is -0.500 e. The molecule has 3 heterocycles. The smallest absolute Gasteiger partial charge is 0.120 e. The number of furan rings is 1. The Morgan fingerprint density at radius 2 is 1.43 bits per heavy atom. The topological polar surface area (TPSA) is 38.9 Å². The fourth-order valence-electron chi connectivity index (χ4n) is 5.61. The van der Waals surface area contributed by atoms with E-state index in [4.69, 9.17) is 10.8 Å². The molecule has 3 nitrogen and oxygen atoms in total. The number of rotatable bonds is 6. The third-order valence-electron chi connectivity index (χ3n) is 8.23. The Balaban J connectivity index is 0.000000188. The van der Waals surface area contributed by atoms with Gasteiger partial charge in [0.2, 0.25) is 0 Å². The van der Waals surface area contributed by atoms with Crippen molar-refractivity contribution >= 4 is 35.2 Å². The second-order valence-electron chi connectivity index (χ2n) is 12.8. The Morgan fingerprint density at radius 3 is 2.15 bits per heavy atom. The van der Waals surface area contributed by atoms with Gasteiger partial charge in [0, 0.05) is 46.5 Å². The number of hydrogen-bond acceptors (Lipinski definition) is 3. The van der Waals surface area contributed by atoms with E-state index in [1.54, 1.807) is 6.20 Å². The summed E-state index contributed by atoms with van der Waals surface area (Å²) in [6.45, 7) is 12.7. The van der Waals surface area contributed by atoms with Crippen molar-refractivity contribution in [1.82, 2.24) is 9.97 Å². The maximum absolute atomic E-state index is 9.17. The van der Waals surface area contributed by atoms with Crippen molar-refractivity contribution in [3.8, 4) is 22.5 Å². The zero-order valence-corrected chi connectivity index (χ0v) is 31.1. The van der Waals surface area contributed by atoms with Gasteiger partial charge in [0.25, 0.3) is 0 Å². The van der Waals surface area contributed by atoms with Crippen molar-refractivity contribution < 1.29 is 27.3 Å². The monoisotopic (exact) mass is 811 g/mol. The third-order valence-corrected chi connectivity index (χ3v) is 10.2. The molecule has 0 aliphatic rings. The first-order chi connectivity index (χ1) is 22.8. The molecule has 1 radical (unpaired) electrons. The first-order valence-corrected chi connectivity index (χ1v) is 19.2. The number of pyridine rings is 2. The summed E-state index contributed by atoms with van der Waals surface area (Å²) in [5, 5.41) is 3.40. The number of nitrogens with zero attached hydrogens (tertiary/aromatic N) is 2. The van der Waals surface area contributed by atoms with Crippen molar-refractivity contribution in [2.75, 3.05) is 0 Å². The quantitative estimate of drug-likeness (QED) is 0.124. The molecule has 239 valence electrons. The minimum atomic E-state index is -1.64. The van der Waals surface area contributed by atoms with Crippen LogP contribution in [0.4, 0.5) is 0 Å². The molecule has 0 amide bonds. The van der Waals surface area contributed by atoms with Gasteiger partial charge in [-0.05, 0) is 45.7 Å². The van der Waals surface area contributed by atoms with Crippen molar-refractivity contribution in [3.05, 3.63) is 150 Å².